The van der Waals surface area contributed by atoms with E-state index in [1.54, 1.807) is 37.5 Å². The van der Waals surface area contributed by atoms with Gasteiger partial charge >= 0.3 is 0 Å². The van der Waals surface area contributed by atoms with Crippen LogP contribution in [-0.2, 0) is 0 Å². The number of benzene rings is 2. The van der Waals surface area contributed by atoms with E-state index in [1.165, 1.54) is 6.08 Å². The summed E-state index contributed by atoms with van der Waals surface area (Å²) in [5, 5.41) is 0.461. The zero-order valence-electron chi connectivity index (χ0n) is 10.5. The lowest BCUT2D eigenvalue weighted by Gasteiger charge is -2.01. The van der Waals surface area contributed by atoms with E-state index in [-0.39, 0.29) is 5.78 Å². The van der Waals surface area contributed by atoms with E-state index in [0.29, 0.717) is 10.6 Å². The number of carbonyl (C=O) groups is 1. The zero-order chi connectivity index (χ0) is 13.7. The molecular weight excluding hydrogens is 260 g/mol. The first-order valence-corrected chi connectivity index (χ1v) is 6.19. The van der Waals surface area contributed by atoms with Crippen molar-refractivity contribution in [2.24, 2.45) is 0 Å². The van der Waals surface area contributed by atoms with Crippen LogP contribution in [0, 0.1) is 0 Å². The Balaban J connectivity index is 2.18. The molecule has 0 aliphatic rings. The van der Waals surface area contributed by atoms with Gasteiger partial charge in [-0.3, -0.25) is 4.79 Å². The minimum atomic E-state index is -0.117. The first kappa shape index (κ1) is 13.4. The van der Waals surface area contributed by atoms with Crippen LogP contribution in [-0.4, -0.2) is 12.9 Å². The predicted octanol–water partition coefficient (Wildman–Crippen LogP) is 4.24. The van der Waals surface area contributed by atoms with Gasteiger partial charge in [0.05, 0.1) is 12.1 Å². The third-order valence-electron chi connectivity index (χ3n) is 2.66. The van der Waals surface area contributed by atoms with E-state index >= 15 is 0 Å². The van der Waals surface area contributed by atoms with Crippen LogP contribution in [0.15, 0.2) is 54.6 Å². The Morgan fingerprint density at radius 3 is 2.68 bits per heavy atom. The van der Waals surface area contributed by atoms with Gasteiger partial charge in [-0.05, 0) is 35.9 Å². The molecule has 0 aromatic heterocycles. The van der Waals surface area contributed by atoms with Crippen LogP contribution in [0.3, 0.4) is 0 Å². The van der Waals surface area contributed by atoms with Gasteiger partial charge in [-0.1, -0.05) is 41.9 Å². The number of allylic oxidation sites excluding steroid dienone is 1. The summed E-state index contributed by atoms with van der Waals surface area (Å²) in [5.41, 5.74) is 1.41. The van der Waals surface area contributed by atoms with Gasteiger partial charge < -0.3 is 4.74 Å². The van der Waals surface area contributed by atoms with Crippen LogP contribution in [0.25, 0.3) is 6.08 Å². The van der Waals surface area contributed by atoms with Crippen LogP contribution in [0.5, 0.6) is 5.75 Å². The van der Waals surface area contributed by atoms with Gasteiger partial charge in [0.1, 0.15) is 5.75 Å². The van der Waals surface area contributed by atoms with E-state index in [2.05, 4.69) is 0 Å². The van der Waals surface area contributed by atoms with Crippen molar-refractivity contribution in [3.05, 3.63) is 70.8 Å². The van der Waals surface area contributed by atoms with Crippen molar-refractivity contribution in [1.29, 1.82) is 0 Å². The minimum absolute atomic E-state index is 0.117. The molecule has 0 spiro atoms. The number of methoxy groups -OCH3 is 1. The van der Waals surface area contributed by atoms with Crippen LogP contribution in [0.2, 0.25) is 5.02 Å². The maximum atomic E-state index is 12.0. The van der Waals surface area contributed by atoms with Crippen molar-refractivity contribution in [2.45, 2.75) is 0 Å². The van der Waals surface area contributed by atoms with E-state index in [1.807, 2.05) is 24.3 Å². The Kier molecular flexibility index (Phi) is 4.37. The predicted molar refractivity (Wildman–Crippen MR) is 77.8 cm³/mol. The SMILES string of the molecule is COc1cccc(C=CC(=O)c2ccccc2Cl)c1. The van der Waals surface area contributed by atoms with Crippen molar-refractivity contribution in [1.82, 2.24) is 0 Å². The first-order valence-electron chi connectivity index (χ1n) is 5.81. The summed E-state index contributed by atoms with van der Waals surface area (Å²) in [6.45, 7) is 0. The third kappa shape index (κ3) is 3.46. The Morgan fingerprint density at radius 2 is 1.95 bits per heavy atom. The molecule has 0 aliphatic heterocycles. The summed E-state index contributed by atoms with van der Waals surface area (Å²) in [4.78, 5) is 12.0. The third-order valence-corrected chi connectivity index (χ3v) is 2.99. The molecule has 0 N–H and O–H groups in total. The zero-order valence-corrected chi connectivity index (χ0v) is 11.2. The molecule has 2 nitrogen and oxygen atoms in total. The van der Waals surface area contributed by atoms with Gasteiger partial charge in [0.2, 0.25) is 0 Å². The standard InChI is InChI=1S/C16H13ClO2/c1-19-13-6-4-5-12(11-13)9-10-16(18)14-7-2-3-8-15(14)17/h2-11H,1H3. The number of ketones is 1. The van der Waals surface area contributed by atoms with Crippen LogP contribution >= 0.6 is 11.6 Å². The average molecular weight is 273 g/mol. The van der Waals surface area contributed by atoms with Crippen LogP contribution < -0.4 is 4.74 Å². The monoisotopic (exact) mass is 272 g/mol. The maximum Gasteiger partial charge on any atom is 0.187 e. The highest BCUT2D eigenvalue weighted by Gasteiger charge is 2.05. The van der Waals surface area contributed by atoms with Gasteiger partial charge in [0, 0.05) is 5.56 Å². The van der Waals surface area contributed by atoms with Gasteiger partial charge in [-0.25, -0.2) is 0 Å². The number of carbonyl (C=O) groups excluding carboxylic acids is 1. The van der Waals surface area contributed by atoms with Gasteiger partial charge in [0.25, 0.3) is 0 Å². The number of ether oxygens (including phenoxy) is 1. The normalized spacial score (nSPS) is 10.6. The number of rotatable bonds is 4. The molecule has 2 aromatic carbocycles. The van der Waals surface area contributed by atoms with E-state index < -0.39 is 0 Å². The molecule has 0 fully saturated rings. The van der Waals surface area contributed by atoms with Crippen molar-refractivity contribution < 1.29 is 9.53 Å². The van der Waals surface area contributed by atoms with Crippen molar-refractivity contribution >= 4 is 23.5 Å². The highest BCUT2D eigenvalue weighted by Crippen LogP contribution is 2.17. The minimum Gasteiger partial charge on any atom is -0.497 e. The number of hydrogen-bond acceptors (Lipinski definition) is 2. The topological polar surface area (TPSA) is 26.3 Å². The second-order valence-electron chi connectivity index (χ2n) is 3.95. The van der Waals surface area contributed by atoms with Crippen molar-refractivity contribution in [3.8, 4) is 5.75 Å². The van der Waals surface area contributed by atoms with E-state index in [0.717, 1.165) is 11.3 Å². The van der Waals surface area contributed by atoms with Crippen molar-refractivity contribution in [3.63, 3.8) is 0 Å². The second-order valence-corrected chi connectivity index (χ2v) is 4.36. The molecule has 0 unspecified atom stereocenters. The summed E-state index contributed by atoms with van der Waals surface area (Å²) in [5.74, 6) is 0.640. The van der Waals surface area contributed by atoms with Gasteiger partial charge in [0.15, 0.2) is 5.78 Å². The molecule has 0 heterocycles. The summed E-state index contributed by atoms with van der Waals surface area (Å²) in [6.07, 6.45) is 3.25. The molecule has 0 aliphatic carbocycles. The Bertz CT molecular complexity index is 618. The van der Waals surface area contributed by atoms with Gasteiger partial charge in [-0.15, -0.1) is 0 Å². The quantitative estimate of drug-likeness (QED) is 0.614. The molecule has 0 saturated carbocycles. The molecule has 3 heteroatoms. The molecule has 19 heavy (non-hydrogen) atoms. The van der Waals surface area contributed by atoms with E-state index in [4.69, 9.17) is 16.3 Å². The first-order chi connectivity index (χ1) is 9.20. The van der Waals surface area contributed by atoms with Crippen LogP contribution in [0.4, 0.5) is 0 Å². The summed E-state index contributed by atoms with van der Waals surface area (Å²) in [6, 6.07) is 14.5. The fourth-order valence-electron chi connectivity index (χ4n) is 1.67. The second kappa shape index (κ2) is 6.21. The maximum absolute atomic E-state index is 12.0. The van der Waals surface area contributed by atoms with E-state index in [9.17, 15) is 4.79 Å². The van der Waals surface area contributed by atoms with Gasteiger partial charge in [-0.2, -0.15) is 0 Å². The molecule has 0 bridgehead atoms. The molecule has 0 amide bonds. The molecule has 0 radical (unpaired) electrons. The largest absolute Gasteiger partial charge is 0.497 e. The average Bonchev–Trinajstić information content (AvgIpc) is 2.45. The van der Waals surface area contributed by atoms with Crippen molar-refractivity contribution in [2.75, 3.05) is 7.11 Å². The molecular formula is C16H13ClO2. The molecule has 2 aromatic rings. The summed E-state index contributed by atoms with van der Waals surface area (Å²) < 4.78 is 5.13. The van der Waals surface area contributed by atoms with Crippen LogP contribution in [0.1, 0.15) is 15.9 Å². The Labute approximate surface area is 117 Å². The number of halogens is 1. The highest BCUT2D eigenvalue weighted by molar-refractivity contribution is 6.34. The fourth-order valence-corrected chi connectivity index (χ4v) is 1.90. The number of hydrogen-bond donors (Lipinski definition) is 0. The fraction of sp³-hybridized carbons (Fsp3) is 0.0625. The highest BCUT2D eigenvalue weighted by atomic mass is 35.5. The molecule has 0 saturated heterocycles. The summed E-state index contributed by atoms with van der Waals surface area (Å²) >= 11 is 5.97. The molecule has 2 rings (SSSR count). The molecule has 0 atom stereocenters. The Hall–Kier alpha value is -2.06. The lowest BCUT2D eigenvalue weighted by Crippen LogP contribution is -1.94. The Morgan fingerprint density at radius 1 is 1.16 bits per heavy atom. The smallest absolute Gasteiger partial charge is 0.187 e. The molecule has 96 valence electrons. The summed E-state index contributed by atoms with van der Waals surface area (Å²) in [7, 11) is 1.61. The lowest BCUT2D eigenvalue weighted by atomic mass is 10.1. The lowest BCUT2D eigenvalue weighted by molar-refractivity contribution is 0.104.